The lowest BCUT2D eigenvalue weighted by Gasteiger charge is -2.21. The fourth-order valence-corrected chi connectivity index (χ4v) is 4.00. The molecule has 0 unspecified atom stereocenters. The van der Waals surface area contributed by atoms with E-state index in [0.717, 1.165) is 31.3 Å². The van der Waals surface area contributed by atoms with E-state index in [2.05, 4.69) is 20.8 Å². The highest BCUT2D eigenvalue weighted by molar-refractivity contribution is 6.08. The zero-order chi connectivity index (χ0) is 13.1. The summed E-state index contributed by atoms with van der Waals surface area (Å²) in [6.07, 6.45) is 3.86. The first-order valence-electron chi connectivity index (χ1n) is 6.88. The van der Waals surface area contributed by atoms with Crippen molar-refractivity contribution in [2.24, 2.45) is 23.2 Å². The molecule has 98 valence electrons. The van der Waals surface area contributed by atoms with E-state index >= 15 is 0 Å². The van der Waals surface area contributed by atoms with Gasteiger partial charge in [0.25, 0.3) is 0 Å². The van der Waals surface area contributed by atoms with E-state index in [9.17, 15) is 9.59 Å². The number of esters is 2. The van der Waals surface area contributed by atoms with E-state index in [1.165, 1.54) is 5.57 Å². The Bertz CT molecular complexity index is 458. The second-order valence-corrected chi connectivity index (χ2v) is 6.91. The molecule has 0 aromatic rings. The molecule has 1 saturated heterocycles. The Morgan fingerprint density at radius 3 is 2.67 bits per heavy atom. The van der Waals surface area contributed by atoms with E-state index in [4.69, 9.17) is 4.74 Å². The lowest BCUT2D eigenvalue weighted by molar-refractivity contribution is -0.152. The van der Waals surface area contributed by atoms with Gasteiger partial charge in [0.15, 0.2) is 0 Å². The van der Waals surface area contributed by atoms with Crippen LogP contribution in [0.5, 0.6) is 0 Å². The van der Waals surface area contributed by atoms with Crippen molar-refractivity contribution in [2.45, 2.75) is 46.5 Å². The molecule has 0 spiro atoms. The fourth-order valence-electron chi connectivity index (χ4n) is 4.00. The molecule has 1 aliphatic heterocycles. The normalized spacial score (nSPS) is 38.3. The highest BCUT2D eigenvalue weighted by Crippen LogP contribution is 2.53. The summed E-state index contributed by atoms with van der Waals surface area (Å²) >= 11 is 0. The van der Waals surface area contributed by atoms with E-state index in [-0.39, 0.29) is 23.3 Å². The highest BCUT2D eigenvalue weighted by Gasteiger charge is 2.49. The van der Waals surface area contributed by atoms with Gasteiger partial charge in [0.2, 0.25) is 0 Å². The molecule has 0 radical (unpaired) electrons. The SMILES string of the molecule is C[C@@H]1CC[C@@H]2C(=O)OC(=O)C2=C2CC(C)(C)C[C@@H]21. The molecule has 18 heavy (non-hydrogen) atoms. The third-order valence-electron chi connectivity index (χ3n) is 4.88. The third kappa shape index (κ3) is 1.63. The number of cyclic esters (lactones) is 2. The molecule has 0 bridgehead atoms. The van der Waals surface area contributed by atoms with Crippen molar-refractivity contribution in [1.29, 1.82) is 0 Å². The first-order valence-corrected chi connectivity index (χ1v) is 6.88. The molecular formula is C15H20O3. The molecular weight excluding hydrogens is 228 g/mol. The van der Waals surface area contributed by atoms with Crippen molar-refractivity contribution in [2.75, 3.05) is 0 Å². The van der Waals surface area contributed by atoms with Crippen molar-refractivity contribution >= 4 is 11.9 Å². The number of hydrogen-bond acceptors (Lipinski definition) is 3. The summed E-state index contributed by atoms with van der Waals surface area (Å²) in [7, 11) is 0. The molecule has 1 heterocycles. The van der Waals surface area contributed by atoms with Crippen molar-refractivity contribution in [3.63, 3.8) is 0 Å². The molecule has 2 fully saturated rings. The van der Waals surface area contributed by atoms with Gasteiger partial charge in [-0.3, -0.25) is 4.79 Å². The minimum atomic E-state index is -0.364. The summed E-state index contributed by atoms with van der Waals surface area (Å²) in [5.74, 6) is 0.0876. The van der Waals surface area contributed by atoms with Crippen molar-refractivity contribution < 1.29 is 14.3 Å². The van der Waals surface area contributed by atoms with Crippen LogP contribution < -0.4 is 0 Å². The van der Waals surface area contributed by atoms with Crippen LogP contribution in [-0.2, 0) is 14.3 Å². The standard InChI is InChI=1S/C15H20O3/c1-8-4-5-9-12(14(17)18-13(9)16)11-7-15(2,3)6-10(8)11/h8-10H,4-7H2,1-3H3/t8-,9+,10-/m1/s1. The first-order chi connectivity index (χ1) is 8.39. The largest absolute Gasteiger partial charge is 0.389 e. The Hall–Kier alpha value is -1.12. The van der Waals surface area contributed by atoms with Gasteiger partial charge < -0.3 is 4.74 Å². The quantitative estimate of drug-likeness (QED) is 0.489. The number of allylic oxidation sites excluding steroid dienone is 1. The summed E-state index contributed by atoms with van der Waals surface area (Å²) in [6, 6.07) is 0. The summed E-state index contributed by atoms with van der Waals surface area (Å²) in [4.78, 5) is 23.7. The zero-order valence-corrected chi connectivity index (χ0v) is 11.3. The van der Waals surface area contributed by atoms with Crippen molar-refractivity contribution in [1.82, 2.24) is 0 Å². The molecule has 0 aromatic heterocycles. The molecule has 3 nitrogen and oxygen atoms in total. The maximum atomic E-state index is 11.9. The summed E-state index contributed by atoms with van der Waals surface area (Å²) < 4.78 is 4.84. The smallest absolute Gasteiger partial charge is 0.342 e. The van der Waals surface area contributed by atoms with E-state index in [1.807, 2.05) is 0 Å². The third-order valence-corrected chi connectivity index (χ3v) is 4.88. The molecule has 3 heteroatoms. The second-order valence-electron chi connectivity index (χ2n) is 6.91. The molecule has 0 amide bonds. The Kier molecular flexibility index (Phi) is 2.45. The minimum Gasteiger partial charge on any atom is -0.389 e. The Labute approximate surface area is 108 Å². The molecule has 3 aliphatic rings. The predicted molar refractivity (Wildman–Crippen MR) is 66.5 cm³/mol. The maximum absolute atomic E-state index is 11.9. The Balaban J connectivity index is 2.11. The lowest BCUT2D eigenvalue weighted by atomic mass is 9.84. The minimum absolute atomic E-state index is 0.245. The Morgan fingerprint density at radius 2 is 1.94 bits per heavy atom. The van der Waals surface area contributed by atoms with Crippen molar-refractivity contribution in [3.05, 3.63) is 11.1 Å². The van der Waals surface area contributed by atoms with Crippen LogP contribution in [0.3, 0.4) is 0 Å². The number of fused-ring (bicyclic) bond motifs is 2. The zero-order valence-electron chi connectivity index (χ0n) is 11.3. The van der Waals surface area contributed by atoms with Crippen LogP contribution in [0.25, 0.3) is 0 Å². The van der Waals surface area contributed by atoms with Crippen molar-refractivity contribution in [3.8, 4) is 0 Å². The number of ether oxygens (including phenoxy) is 1. The molecule has 0 N–H and O–H groups in total. The predicted octanol–water partition coefficient (Wildman–Crippen LogP) is 2.85. The average Bonchev–Trinajstić information content (AvgIpc) is 2.67. The summed E-state index contributed by atoms with van der Waals surface area (Å²) in [5, 5.41) is 0. The highest BCUT2D eigenvalue weighted by atomic mass is 16.6. The van der Waals surface area contributed by atoms with Crippen LogP contribution in [0.1, 0.15) is 46.5 Å². The van der Waals surface area contributed by atoms with Gasteiger partial charge in [-0.25, -0.2) is 4.79 Å². The maximum Gasteiger partial charge on any atom is 0.342 e. The van der Waals surface area contributed by atoms with Gasteiger partial charge in [-0.05, 0) is 42.9 Å². The van der Waals surface area contributed by atoms with Crippen LogP contribution in [-0.4, -0.2) is 11.9 Å². The van der Waals surface area contributed by atoms with Gasteiger partial charge in [0.05, 0.1) is 11.5 Å². The van der Waals surface area contributed by atoms with Gasteiger partial charge in [0, 0.05) is 0 Å². The van der Waals surface area contributed by atoms with Crippen LogP contribution >= 0.6 is 0 Å². The van der Waals surface area contributed by atoms with Gasteiger partial charge >= 0.3 is 11.9 Å². The van der Waals surface area contributed by atoms with Gasteiger partial charge in [0.1, 0.15) is 0 Å². The van der Waals surface area contributed by atoms with Gasteiger partial charge in [-0.15, -0.1) is 0 Å². The molecule has 1 saturated carbocycles. The Morgan fingerprint density at radius 1 is 1.22 bits per heavy atom. The number of rotatable bonds is 0. The molecule has 2 aliphatic carbocycles. The monoisotopic (exact) mass is 248 g/mol. The lowest BCUT2D eigenvalue weighted by Crippen LogP contribution is -2.13. The van der Waals surface area contributed by atoms with Crippen LogP contribution in [0.2, 0.25) is 0 Å². The molecule has 0 aromatic carbocycles. The van der Waals surface area contributed by atoms with E-state index in [0.29, 0.717) is 11.8 Å². The molecule has 3 rings (SSSR count). The van der Waals surface area contributed by atoms with E-state index < -0.39 is 0 Å². The number of carbonyl (C=O) groups excluding carboxylic acids is 2. The topological polar surface area (TPSA) is 43.4 Å². The number of hydrogen-bond donors (Lipinski definition) is 0. The first kappa shape index (κ1) is 11.9. The number of carbonyl (C=O) groups is 2. The van der Waals surface area contributed by atoms with E-state index in [1.54, 1.807) is 0 Å². The molecule has 3 atom stereocenters. The van der Waals surface area contributed by atoms with Crippen LogP contribution in [0.15, 0.2) is 11.1 Å². The second kappa shape index (κ2) is 3.69. The summed E-state index contributed by atoms with van der Waals surface area (Å²) in [6.45, 7) is 6.75. The fraction of sp³-hybridized carbons (Fsp3) is 0.733. The van der Waals surface area contributed by atoms with Gasteiger partial charge in [-0.1, -0.05) is 26.3 Å². The average molecular weight is 248 g/mol. The van der Waals surface area contributed by atoms with Crippen LogP contribution in [0, 0.1) is 23.2 Å². The summed E-state index contributed by atoms with van der Waals surface area (Å²) in [5.41, 5.74) is 2.19. The van der Waals surface area contributed by atoms with Gasteiger partial charge in [-0.2, -0.15) is 0 Å². The van der Waals surface area contributed by atoms with Crippen LogP contribution in [0.4, 0.5) is 0 Å².